The van der Waals surface area contributed by atoms with Crippen LogP contribution in [0.5, 0.6) is 0 Å². The largest absolute Gasteiger partial charge is 0.508 e. The van der Waals surface area contributed by atoms with Crippen LogP contribution in [0.1, 0.15) is 32.1 Å². The van der Waals surface area contributed by atoms with Gasteiger partial charge < -0.3 is 19.9 Å². The van der Waals surface area contributed by atoms with Gasteiger partial charge in [0.1, 0.15) is 19.0 Å². The van der Waals surface area contributed by atoms with Crippen LogP contribution in [0.2, 0.25) is 0 Å². The molecule has 0 amide bonds. The number of hydrogen-bond donors (Lipinski definition) is 2. The maximum Gasteiger partial charge on any atom is 0.212 e. The summed E-state index contributed by atoms with van der Waals surface area (Å²) >= 11 is 0. The van der Waals surface area contributed by atoms with Crippen LogP contribution in [0.15, 0.2) is 39.9 Å². The van der Waals surface area contributed by atoms with Gasteiger partial charge in [0.15, 0.2) is 0 Å². The molecule has 1 saturated carbocycles. The van der Waals surface area contributed by atoms with Gasteiger partial charge in [0.05, 0.1) is 6.10 Å². The average Bonchev–Trinajstić information content (AvgIpc) is 3.44. The number of alkyl halides is 1. The second-order valence-corrected chi connectivity index (χ2v) is 5.63. The molecule has 0 saturated heterocycles. The summed E-state index contributed by atoms with van der Waals surface area (Å²) < 4.78 is 22.8. The second-order valence-electron chi connectivity index (χ2n) is 5.63. The van der Waals surface area contributed by atoms with Gasteiger partial charge in [-0.15, -0.1) is 0 Å². The van der Waals surface area contributed by atoms with Crippen molar-refractivity contribution in [3.05, 3.63) is 34.9 Å². The fourth-order valence-electron chi connectivity index (χ4n) is 2.27. The predicted octanol–water partition coefficient (Wildman–Crippen LogP) is 3.45. The van der Waals surface area contributed by atoms with E-state index in [-0.39, 0.29) is 18.6 Å². The molecule has 1 atom stereocenters. The van der Waals surface area contributed by atoms with Crippen molar-refractivity contribution in [1.82, 2.24) is 5.32 Å². The number of aliphatic imine (C=N–C) groups is 1. The highest BCUT2D eigenvalue weighted by molar-refractivity contribution is 5.38. The van der Waals surface area contributed by atoms with Crippen molar-refractivity contribution in [3.8, 4) is 0 Å². The molecule has 0 aromatic rings. The van der Waals surface area contributed by atoms with E-state index in [1.165, 1.54) is 0 Å². The minimum Gasteiger partial charge on any atom is -0.508 e. The third-order valence-electron chi connectivity index (χ3n) is 3.83. The Morgan fingerprint density at radius 3 is 2.71 bits per heavy atom. The van der Waals surface area contributed by atoms with E-state index < -0.39 is 6.67 Å². The molecule has 1 aliphatic rings. The highest BCUT2D eigenvalue weighted by atomic mass is 19.1. The minimum atomic E-state index is -0.584. The number of nitrogens with zero attached hydrogens (tertiary/aromatic N) is 1. The highest BCUT2D eigenvalue weighted by Crippen LogP contribution is 2.34. The van der Waals surface area contributed by atoms with E-state index in [0.29, 0.717) is 12.2 Å². The Labute approximate surface area is 144 Å². The number of halogens is 1. The number of ether oxygens (including phenoxy) is 2. The van der Waals surface area contributed by atoms with Gasteiger partial charge in [-0.25, -0.2) is 9.38 Å². The first kappa shape index (κ1) is 20.4. The van der Waals surface area contributed by atoms with Crippen molar-refractivity contribution in [1.29, 1.82) is 0 Å². The standard InChI is InChI=1S/C18H29FN2O3/c1-20-12-10-16(23-3)8-6-15(18(22)14-4-5-14)7-9-17(21-2)24-13-11-19/h7,9,16,20,22H,2,4-6,8,10-13H2,1,3H3/b15-7+,17-9+. The summed E-state index contributed by atoms with van der Waals surface area (Å²) in [6, 6.07) is 0. The molecule has 1 unspecified atom stereocenters. The Morgan fingerprint density at radius 2 is 2.17 bits per heavy atom. The number of aliphatic hydroxyl groups is 1. The Kier molecular flexibility index (Phi) is 10.0. The summed E-state index contributed by atoms with van der Waals surface area (Å²) in [4.78, 5) is 3.72. The molecule has 0 heterocycles. The molecule has 1 rings (SSSR count). The number of allylic oxidation sites excluding steroid dienone is 4. The molecule has 0 aliphatic heterocycles. The first-order valence-corrected chi connectivity index (χ1v) is 8.31. The van der Waals surface area contributed by atoms with Gasteiger partial charge in [0, 0.05) is 13.2 Å². The smallest absolute Gasteiger partial charge is 0.212 e. The number of rotatable bonds is 13. The third kappa shape index (κ3) is 7.75. The third-order valence-corrected chi connectivity index (χ3v) is 3.83. The molecule has 1 aliphatic carbocycles. The maximum atomic E-state index is 12.2. The summed E-state index contributed by atoms with van der Waals surface area (Å²) in [5.74, 6) is 0.598. The van der Waals surface area contributed by atoms with Crippen molar-refractivity contribution in [2.45, 2.75) is 38.2 Å². The molecule has 0 radical (unpaired) electrons. The summed E-state index contributed by atoms with van der Waals surface area (Å²) in [5.41, 5.74) is 1.88. The van der Waals surface area contributed by atoms with Gasteiger partial charge in [0.25, 0.3) is 0 Å². The van der Waals surface area contributed by atoms with Crippen molar-refractivity contribution in [3.63, 3.8) is 0 Å². The molecule has 0 bridgehead atoms. The zero-order valence-corrected chi connectivity index (χ0v) is 14.7. The lowest BCUT2D eigenvalue weighted by atomic mass is 10.0. The normalized spacial score (nSPS) is 16.0. The second kappa shape index (κ2) is 11.8. The Balaban J connectivity index is 2.77. The van der Waals surface area contributed by atoms with E-state index in [1.54, 1.807) is 19.3 Å². The van der Waals surface area contributed by atoms with Crippen LogP contribution in [0, 0.1) is 0 Å². The maximum absolute atomic E-state index is 12.2. The summed E-state index contributed by atoms with van der Waals surface area (Å²) in [6.07, 6.45) is 7.78. The molecule has 5 nitrogen and oxygen atoms in total. The van der Waals surface area contributed by atoms with Crippen molar-refractivity contribution in [2.75, 3.05) is 34.0 Å². The van der Waals surface area contributed by atoms with Crippen molar-refractivity contribution >= 4 is 6.72 Å². The van der Waals surface area contributed by atoms with E-state index >= 15 is 0 Å². The molecular weight excluding hydrogens is 311 g/mol. The van der Waals surface area contributed by atoms with Crippen LogP contribution in [0.4, 0.5) is 4.39 Å². The lowest BCUT2D eigenvalue weighted by Gasteiger charge is -2.16. The topological polar surface area (TPSA) is 63.1 Å². The summed E-state index contributed by atoms with van der Waals surface area (Å²) in [5, 5.41) is 13.5. The molecule has 24 heavy (non-hydrogen) atoms. The lowest BCUT2D eigenvalue weighted by molar-refractivity contribution is 0.0885. The Hall–Kier alpha value is -1.66. The van der Waals surface area contributed by atoms with Gasteiger partial charge in [-0.2, -0.15) is 0 Å². The number of aliphatic hydroxyl groups excluding tert-OH is 1. The van der Waals surface area contributed by atoms with Gasteiger partial charge in [-0.3, -0.25) is 0 Å². The molecule has 136 valence electrons. The average molecular weight is 340 g/mol. The van der Waals surface area contributed by atoms with Gasteiger partial charge >= 0.3 is 0 Å². The lowest BCUT2D eigenvalue weighted by Crippen LogP contribution is -2.19. The van der Waals surface area contributed by atoms with Crippen molar-refractivity contribution in [2.24, 2.45) is 4.99 Å². The molecule has 6 heteroatoms. The van der Waals surface area contributed by atoms with Crippen LogP contribution in [0.3, 0.4) is 0 Å². The quantitative estimate of drug-likeness (QED) is 0.306. The van der Waals surface area contributed by atoms with Crippen LogP contribution in [-0.4, -0.2) is 51.9 Å². The molecule has 0 aromatic carbocycles. The van der Waals surface area contributed by atoms with Crippen LogP contribution < -0.4 is 5.32 Å². The zero-order valence-electron chi connectivity index (χ0n) is 14.7. The summed E-state index contributed by atoms with van der Waals surface area (Å²) in [6.45, 7) is 3.65. The highest BCUT2D eigenvalue weighted by Gasteiger charge is 2.20. The molecule has 0 aromatic heterocycles. The molecule has 2 N–H and O–H groups in total. The van der Waals surface area contributed by atoms with Crippen LogP contribution in [0.25, 0.3) is 0 Å². The molecular formula is C18H29FN2O3. The van der Waals surface area contributed by atoms with Crippen molar-refractivity contribution < 1.29 is 19.0 Å². The van der Waals surface area contributed by atoms with Crippen LogP contribution in [-0.2, 0) is 9.47 Å². The van der Waals surface area contributed by atoms with E-state index in [4.69, 9.17) is 9.47 Å². The number of hydrogen-bond acceptors (Lipinski definition) is 5. The Morgan fingerprint density at radius 1 is 1.42 bits per heavy atom. The summed E-state index contributed by atoms with van der Waals surface area (Å²) in [7, 11) is 3.61. The van der Waals surface area contributed by atoms with Gasteiger partial charge in [-0.05, 0) is 69.6 Å². The monoisotopic (exact) mass is 340 g/mol. The SMILES string of the molecule is C=N/C(=C\C=C(/CCC(CCNC)OC)C(O)=C1CC1)OCCF. The first-order valence-electron chi connectivity index (χ1n) is 8.31. The van der Waals surface area contributed by atoms with E-state index in [9.17, 15) is 9.50 Å². The molecule has 0 spiro atoms. The van der Waals surface area contributed by atoms with E-state index in [2.05, 4.69) is 17.0 Å². The van der Waals surface area contributed by atoms with Crippen LogP contribution >= 0.6 is 0 Å². The zero-order chi connectivity index (χ0) is 17.8. The minimum absolute atomic E-state index is 0.0587. The number of methoxy groups -OCH3 is 1. The van der Waals surface area contributed by atoms with Gasteiger partial charge in [0.2, 0.25) is 5.88 Å². The van der Waals surface area contributed by atoms with E-state index in [1.807, 2.05) is 7.05 Å². The van der Waals surface area contributed by atoms with Gasteiger partial charge in [-0.1, -0.05) is 0 Å². The Bertz CT molecular complexity index is 481. The predicted molar refractivity (Wildman–Crippen MR) is 95.1 cm³/mol. The number of nitrogens with one attached hydrogen (secondary N) is 1. The fourth-order valence-corrected chi connectivity index (χ4v) is 2.27. The van der Waals surface area contributed by atoms with E-state index in [0.717, 1.165) is 43.4 Å². The molecule has 1 fully saturated rings. The fraction of sp³-hybridized carbons (Fsp3) is 0.611. The first-order chi connectivity index (χ1) is 11.7.